The van der Waals surface area contributed by atoms with Gasteiger partial charge in [-0.25, -0.2) is 19.9 Å². The lowest BCUT2D eigenvalue weighted by atomic mass is 10.1. The standard InChI is InChI=1S/C11H8Br2N2.C11H9BrN2/c12-5-8-1-3-9(4-2-8)11-14-6-10(13)7-15-11;1-8-2-4-9(5-3-8)11-13-6-10(12)7-14-11/h1-4,6-7H,5H2;2-7H,1H3. The van der Waals surface area contributed by atoms with E-state index < -0.39 is 0 Å². The van der Waals surface area contributed by atoms with Crippen molar-refractivity contribution < 1.29 is 0 Å². The van der Waals surface area contributed by atoms with Gasteiger partial charge in [-0.15, -0.1) is 0 Å². The first-order valence-electron chi connectivity index (χ1n) is 8.72. The first-order chi connectivity index (χ1) is 14.0. The van der Waals surface area contributed by atoms with Crippen LogP contribution in [0.25, 0.3) is 22.8 Å². The molecule has 0 aliphatic heterocycles. The van der Waals surface area contributed by atoms with Gasteiger partial charge in [-0.3, -0.25) is 0 Å². The Hall–Kier alpha value is -1.96. The number of nitrogens with zero attached hydrogens (tertiary/aromatic N) is 4. The lowest BCUT2D eigenvalue weighted by Gasteiger charge is -2.00. The smallest absolute Gasteiger partial charge is 0.159 e. The lowest BCUT2D eigenvalue weighted by molar-refractivity contribution is 1.16. The number of halogens is 3. The summed E-state index contributed by atoms with van der Waals surface area (Å²) in [5, 5.41) is 0.870. The minimum atomic E-state index is 0.749. The number of hydrogen-bond acceptors (Lipinski definition) is 4. The van der Waals surface area contributed by atoms with Gasteiger partial charge in [0.25, 0.3) is 0 Å². The summed E-state index contributed by atoms with van der Waals surface area (Å²) in [5.74, 6) is 1.51. The largest absolute Gasteiger partial charge is 0.235 e. The number of rotatable bonds is 3. The third kappa shape index (κ3) is 6.52. The Labute approximate surface area is 195 Å². The molecule has 0 atom stereocenters. The third-order valence-corrected chi connectivity index (χ3v) is 5.38. The Morgan fingerprint density at radius 2 is 1.00 bits per heavy atom. The van der Waals surface area contributed by atoms with Crippen molar-refractivity contribution in [2.75, 3.05) is 0 Å². The molecule has 2 aromatic heterocycles. The molecular formula is C22H17Br3N4. The fourth-order valence-electron chi connectivity index (χ4n) is 2.37. The lowest BCUT2D eigenvalue weighted by Crippen LogP contribution is -1.88. The minimum absolute atomic E-state index is 0.749. The van der Waals surface area contributed by atoms with Crippen LogP contribution in [0.1, 0.15) is 11.1 Å². The molecule has 0 amide bonds. The van der Waals surface area contributed by atoms with Gasteiger partial charge in [0.05, 0.1) is 8.95 Å². The van der Waals surface area contributed by atoms with Gasteiger partial charge in [-0.05, 0) is 44.3 Å². The fraction of sp³-hybridized carbons (Fsp3) is 0.0909. The van der Waals surface area contributed by atoms with Crippen LogP contribution >= 0.6 is 47.8 Å². The summed E-state index contributed by atoms with van der Waals surface area (Å²) < 4.78 is 1.79. The first kappa shape index (κ1) is 21.7. The summed E-state index contributed by atoms with van der Waals surface area (Å²) in [4.78, 5) is 16.9. The average Bonchev–Trinajstić information content (AvgIpc) is 2.76. The van der Waals surface area contributed by atoms with Crippen LogP contribution in [0.15, 0.2) is 82.3 Å². The highest BCUT2D eigenvalue weighted by Crippen LogP contribution is 2.18. The Morgan fingerprint density at radius 3 is 1.38 bits per heavy atom. The maximum atomic E-state index is 4.23. The van der Waals surface area contributed by atoms with Crippen LogP contribution in [0.3, 0.4) is 0 Å². The first-order valence-corrected chi connectivity index (χ1v) is 11.4. The van der Waals surface area contributed by atoms with Gasteiger partial charge in [0.2, 0.25) is 0 Å². The number of benzene rings is 2. The van der Waals surface area contributed by atoms with Gasteiger partial charge in [-0.1, -0.05) is 70.0 Å². The van der Waals surface area contributed by atoms with Crippen molar-refractivity contribution in [2.24, 2.45) is 0 Å². The third-order valence-electron chi connectivity index (χ3n) is 3.92. The molecule has 4 rings (SSSR count). The predicted octanol–water partition coefficient (Wildman–Crippen LogP) is 7.02. The van der Waals surface area contributed by atoms with Crippen molar-refractivity contribution in [1.82, 2.24) is 19.9 Å². The van der Waals surface area contributed by atoms with Crippen molar-refractivity contribution in [2.45, 2.75) is 12.3 Å². The molecule has 2 aromatic carbocycles. The van der Waals surface area contributed by atoms with Crippen molar-refractivity contribution in [3.05, 3.63) is 93.4 Å². The highest BCUT2D eigenvalue weighted by Gasteiger charge is 2.01. The molecule has 0 fully saturated rings. The molecule has 146 valence electrons. The Morgan fingerprint density at radius 1 is 0.621 bits per heavy atom. The molecule has 4 aromatic rings. The summed E-state index contributed by atoms with van der Waals surface area (Å²) in [7, 11) is 0. The van der Waals surface area contributed by atoms with E-state index in [-0.39, 0.29) is 0 Å². The second kappa shape index (κ2) is 10.7. The topological polar surface area (TPSA) is 51.6 Å². The number of aryl methyl sites for hydroxylation is 1. The average molecular weight is 577 g/mol. The van der Waals surface area contributed by atoms with E-state index in [0.717, 1.165) is 37.1 Å². The van der Waals surface area contributed by atoms with Crippen molar-refractivity contribution >= 4 is 47.8 Å². The molecule has 0 aliphatic rings. The number of aromatic nitrogens is 4. The normalized spacial score (nSPS) is 10.2. The highest BCUT2D eigenvalue weighted by atomic mass is 79.9. The Kier molecular flexibility index (Phi) is 8.03. The molecule has 0 saturated heterocycles. The van der Waals surface area contributed by atoms with Gasteiger partial charge in [0.1, 0.15) is 0 Å². The molecule has 0 saturated carbocycles. The van der Waals surface area contributed by atoms with Crippen LogP contribution < -0.4 is 0 Å². The van der Waals surface area contributed by atoms with E-state index in [1.807, 2.05) is 24.3 Å². The van der Waals surface area contributed by atoms with Crippen LogP contribution in [-0.4, -0.2) is 19.9 Å². The van der Waals surface area contributed by atoms with E-state index in [9.17, 15) is 0 Å². The minimum Gasteiger partial charge on any atom is -0.235 e. The van der Waals surface area contributed by atoms with Crippen LogP contribution in [0.2, 0.25) is 0 Å². The Balaban J connectivity index is 0.000000166. The van der Waals surface area contributed by atoms with Gasteiger partial charge in [0.15, 0.2) is 11.6 Å². The fourth-order valence-corrected chi connectivity index (χ4v) is 3.15. The maximum absolute atomic E-state index is 4.23. The van der Waals surface area contributed by atoms with E-state index >= 15 is 0 Å². The van der Waals surface area contributed by atoms with Crippen molar-refractivity contribution in [3.63, 3.8) is 0 Å². The van der Waals surface area contributed by atoms with Crippen molar-refractivity contribution in [1.29, 1.82) is 0 Å². The molecule has 4 nitrogen and oxygen atoms in total. The summed E-state index contributed by atoms with van der Waals surface area (Å²) >= 11 is 10.0. The van der Waals surface area contributed by atoms with Crippen LogP contribution in [-0.2, 0) is 5.33 Å². The predicted molar refractivity (Wildman–Crippen MR) is 128 cm³/mol. The van der Waals surface area contributed by atoms with E-state index in [0.29, 0.717) is 0 Å². The summed E-state index contributed by atoms with van der Waals surface area (Å²) in [6.07, 6.45) is 7.01. The molecule has 0 unspecified atom stereocenters. The zero-order valence-electron chi connectivity index (χ0n) is 15.6. The number of hydrogen-bond donors (Lipinski definition) is 0. The van der Waals surface area contributed by atoms with Gasteiger partial charge in [0, 0.05) is 41.2 Å². The number of alkyl halides is 1. The SMILES string of the molecule is BrCc1ccc(-c2ncc(Br)cn2)cc1.Cc1ccc(-c2ncc(Br)cn2)cc1. The van der Waals surface area contributed by atoms with Crippen LogP contribution in [0.4, 0.5) is 0 Å². The molecular weight excluding hydrogens is 560 g/mol. The summed E-state index contributed by atoms with van der Waals surface area (Å²) in [6.45, 7) is 2.06. The van der Waals surface area contributed by atoms with E-state index in [1.54, 1.807) is 24.8 Å². The molecule has 0 N–H and O–H groups in total. The molecule has 0 spiro atoms. The molecule has 7 heteroatoms. The molecule has 0 bridgehead atoms. The van der Waals surface area contributed by atoms with Gasteiger partial charge < -0.3 is 0 Å². The van der Waals surface area contributed by atoms with Gasteiger partial charge >= 0.3 is 0 Å². The Bertz CT molecular complexity index is 990. The molecule has 29 heavy (non-hydrogen) atoms. The zero-order chi connectivity index (χ0) is 20.6. The maximum Gasteiger partial charge on any atom is 0.159 e. The zero-order valence-corrected chi connectivity index (χ0v) is 20.3. The molecule has 0 radical (unpaired) electrons. The monoisotopic (exact) mass is 574 g/mol. The summed E-state index contributed by atoms with van der Waals surface area (Å²) in [5.41, 5.74) is 4.57. The van der Waals surface area contributed by atoms with E-state index in [1.165, 1.54) is 11.1 Å². The van der Waals surface area contributed by atoms with E-state index in [4.69, 9.17) is 0 Å². The second-order valence-electron chi connectivity index (χ2n) is 6.15. The molecule has 0 aliphatic carbocycles. The van der Waals surface area contributed by atoms with Crippen LogP contribution in [0, 0.1) is 6.92 Å². The van der Waals surface area contributed by atoms with Gasteiger partial charge in [-0.2, -0.15) is 0 Å². The highest BCUT2D eigenvalue weighted by molar-refractivity contribution is 9.10. The second-order valence-corrected chi connectivity index (χ2v) is 8.54. The molecule has 2 heterocycles. The summed E-state index contributed by atoms with van der Waals surface area (Å²) in [6, 6.07) is 16.4. The van der Waals surface area contributed by atoms with Crippen LogP contribution in [0.5, 0.6) is 0 Å². The van der Waals surface area contributed by atoms with Crippen molar-refractivity contribution in [3.8, 4) is 22.8 Å². The quantitative estimate of drug-likeness (QED) is 0.246. The van der Waals surface area contributed by atoms with E-state index in [2.05, 4.69) is 98.9 Å².